The van der Waals surface area contributed by atoms with E-state index in [1.165, 1.54) is 0 Å². The lowest BCUT2D eigenvalue weighted by atomic mass is 9.80. The molecule has 21 heavy (non-hydrogen) atoms. The number of nitrogens with one attached hydrogen (secondary N) is 1. The summed E-state index contributed by atoms with van der Waals surface area (Å²) in [6, 6.07) is 11.0. The van der Waals surface area contributed by atoms with Crippen LogP contribution in [0.5, 0.6) is 0 Å². The van der Waals surface area contributed by atoms with E-state index in [-0.39, 0.29) is 29.5 Å². The molecule has 0 atom stereocenters. The van der Waals surface area contributed by atoms with Crippen LogP contribution in [0.3, 0.4) is 0 Å². The van der Waals surface area contributed by atoms with E-state index in [2.05, 4.69) is 10.5 Å². The summed E-state index contributed by atoms with van der Waals surface area (Å²) in [5, 5.41) is 6.69. The first-order valence-corrected chi connectivity index (χ1v) is 6.76. The van der Waals surface area contributed by atoms with Gasteiger partial charge in [-0.25, -0.2) is 0 Å². The first kappa shape index (κ1) is 13.4. The van der Waals surface area contributed by atoms with Crippen molar-refractivity contribution >= 4 is 11.8 Å². The maximum Gasteiger partial charge on any atom is 0.290 e. The number of benzene rings is 1. The lowest BCUT2D eigenvalue weighted by Gasteiger charge is -2.33. The molecular weight excluding hydrogens is 270 g/mol. The molecule has 6 nitrogen and oxygen atoms in total. The number of primary amides is 1. The van der Waals surface area contributed by atoms with Crippen LogP contribution >= 0.6 is 0 Å². The Labute approximate surface area is 121 Å². The molecule has 6 heteroatoms. The molecule has 1 fully saturated rings. The minimum Gasteiger partial charge on any atom is -0.369 e. The van der Waals surface area contributed by atoms with Crippen LogP contribution < -0.4 is 11.1 Å². The molecule has 3 N–H and O–H groups in total. The molecule has 1 heterocycles. The van der Waals surface area contributed by atoms with Crippen LogP contribution in [0, 0.1) is 5.92 Å². The Kier molecular flexibility index (Phi) is 3.43. The highest BCUT2D eigenvalue weighted by atomic mass is 16.5. The van der Waals surface area contributed by atoms with E-state index >= 15 is 0 Å². The van der Waals surface area contributed by atoms with Crippen molar-refractivity contribution in [1.29, 1.82) is 0 Å². The first-order valence-electron chi connectivity index (χ1n) is 6.76. The summed E-state index contributed by atoms with van der Waals surface area (Å²) in [6.45, 7) is 0. The number of carbonyl (C=O) groups excluding carboxylic acids is 2. The third kappa shape index (κ3) is 2.79. The van der Waals surface area contributed by atoms with E-state index < -0.39 is 0 Å². The highest BCUT2D eigenvalue weighted by molar-refractivity contribution is 5.92. The Bertz CT molecular complexity index is 660. The number of nitrogens with zero attached hydrogens (tertiary/aromatic N) is 1. The van der Waals surface area contributed by atoms with Gasteiger partial charge in [0, 0.05) is 23.6 Å². The van der Waals surface area contributed by atoms with E-state index in [4.69, 9.17) is 10.3 Å². The molecule has 0 aliphatic heterocycles. The fourth-order valence-electron chi connectivity index (χ4n) is 2.35. The predicted molar refractivity (Wildman–Crippen MR) is 75.1 cm³/mol. The maximum absolute atomic E-state index is 12.0. The second-order valence-corrected chi connectivity index (χ2v) is 5.18. The van der Waals surface area contributed by atoms with Gasteiger partial charge in [-0.1, -0.05) is 35.5 Å². The van der Waals surface area contributed by atoms with Crippen LogP contribution in [0.2, 0.25) is 0 Å². The number of hydrogen-bond acceptors (Lipinski definition) is 4. The molecule has 2 amide bonds. The summed E-state index contributed by atoms with van der Waals surface area (Å²) in [7, 11) is 0. The van der Waals surface area contributed by atoms with Crippen LogP contribution in [0.25, 0.3) is 11.3 Å². The van der Waals surface area contributed by atoms with Gasteiger partial charge in [0.1, 0.15) is 5.69 Å². The van der Waals surface area contributed by atoms with Gasteiger partial charge in [0.25, 0.3) is 5.91 Å². The summed E-state index contributed by atoms with van der Waals surface area (Å²) in [5.41, 5.74) is 6.69. The second kappa shape index (κ2) is 5.40. The number of aromatic nitrogens is 1. The second-order valence-electron chi connectivity index (χ2n) is 5.18. The standard InChI is InChI=1S/C15H15N3O3/c16-14(19)10-6-11(7-10)17-15(20)13-8-12(18-21-13)9-4-2-1-3-5-9/h1-5,8,10-11H,6-7H2,(H2,16,19)(H,17,20). The highest BCUT2D eigenvalue weighted by Gasteiger charge is 2.34. The van der Waals surface area contributed by atoms with Gasteiger partial charge < -0.3 is 15.6 Å². The highest BCUT2D eigenvalue weighted by Crippen LogP contribution is 2.27. The molecule has 1 aromatic heterocycles. The van der Waals surface area contributed by atoms with E-state index in [0.29, 0.717) is 18.5 Å². The van der Waals surface area contributed by atoms with Crippen LogP contribution in [-0.4, -0.2) is 23.0 Å². The molecule has 3 rings (SSSR count). The third-order valence-electron chi connectivity index (χ3n) is 3.68. The summed E-state index contributed by atoms with van der Waals surface area (Å²) < 4.78 is 5.07. The van der Waals surface area contributed by atoms with Gasteiger partial charge in [0.2, 0.25) is 11.7 Å². The Balaban J connectivity index is 1.62. The van der Waals surface area contributed by atoms with Gasteiger partial charge in [-0.3, -0.25) is 9.59 Å². The molecule has 0 spiro atoms. The average molecular weight is 285 g/mol. The SMILES string of the molecule is NC(=O)C1CC(NC(=O)c2cc(-c3ccccc3)no2)C1. The quantitative estimate of drug-likeness (QED) is 0.885. The first-order chi connectivity index (χ1) is 10.1. The molecule has 108 valence electrons. The summed E-state index contributed by atoms with van der Waals surface area (Å²) in [4.78, 5) is 22.9. The smallest absolute Gasteiger partial charge is 0.290 e. The van der Waals surface area contributed by atoms with Gasteiger partial charge in [0.15, 0.2) is 0 Å². The van der Waals surface area contributed by atoms with Crippen molar-refractivity contribution in [2.75, 3.05) is 0 Å². The lowest BCUT2D eigenvalue weighted by molar-refractivity contribution is -0.124. The van der Waals surface area contributed by atoms with Gasteiger partial charge in [-0.15, -0.1) is 0 Å². The van der Waals surface area contributed by atoms with E-state index in [9.17, 15) is 9.59 Å². The molecule has 1 aliphatic carbocycles. The number of nitrogens with two attached hydrogens (primary N) is 1. The van der Waals surface area contributed by atoms with Crippen molar-refractivity contribution in [3.63, 3.8) is 0 Å². The van der Waals surface area contributed by atoms with Crippen molar-refractivity contribution in [1.82, 2.24) is 10.5 Å². The monoisotopic (exact) mass is 285 g/mol. The minimum atomic E-state index is -0.322. The van der Waals surface area contributed by atoms with Crippen molar-refractivity contribution in [2.45, 2.75) is 18.9 Å². The molecule has 1 aliphatic rings. The van der Waals surface area contributed by atoms with Gasteiger partial charge in [-0.05, 0) is 12.8 Å². The fourth-order valence-corrected chi connectivity index (χ4v) is 2.35. The summed E-state index contributed by atoms with van der Waals surface area (Å²) in [6.07, 6.45) is 1.17. The Morgan fingerprint density at radius 3 is 2.62 bits per heavy atom. The van der Waals surface area contributed by atoms with Crippen LogP contribution in [0.4, 0.5) is 0 Å². The van der Waals surface area contributed by atoms with Crippen molar-refractivity contribution in [3.05, 3.63) is 42.2 Å². The Hall–Kier alpha value is -2.63. The number of carbonyl (C=O) groups is 2. The summed E-state index contributed by atoms with van der Waals surface area (Å²) in [5.74, 6) is -0.606. The largest absolute Gasteiger partial charge is 0.369 e. The molecule has 1 aromatic carbocycles. The van der Waals surface area contributed by atoms with E-state index in [0.717, 1.165) is 5.56 Å². The number of hydrogen-bond donors (Lipinski definition) is 2. The van der Waals surface area contributed by atoms with Crippen LogP contribution in [-0.2, 0) is 4.79 Å². The van der Waals surface area contributed by atoms with Crippen molar-refractivity contribution in [3.8, 4) is 11.3 Å². The third-order valence-corrected chi connectivity index (χ3v) is 3.68. The number of amides is 2. The molecule has 2 aromatic rings. The molecular formula is C15H15N3O3. The zero-order chi connectivity index (χ0) is 14.8. The average Bonchev–Trinajstić information content (AvgIpc) is 2.92. The molecule has 1 saturated carbocycles. The van der Waals surface area contributed by atoms with Gasteiger partial charge in [0.05, 0.1) is 0 Å². The minimum absolute atomic E-state index is 0.0275. The Morgan fingerprint density at radius 2 is 1.95 bits per heavy atom. The topological polar surface area (TPSA) is 98.2 Å². The molecule has 0 radical (unpaired) electrons. The zero-order valence-corrected chi connectivity index (χ0v) is 11.3. The lowest BCUT2D eigenvalue weighted by Crippen LogP contribution is -2.48. The van der Waals surface area contributed by atoms with Gasteiger partial charge in [-0.2, -0.15) is 0 Å². The van der Waals surface area contributed by atoms with E-state index in [1.807, 2.05) is 30.3 Å². The predicted octanol–water partition coefficient (Wildman–Crippen LogP) is 1.34. The molecule has 0 bridgehead atoms. The van der Waals surface area contributed by atoms with Crippen molar-refractivity contribution in [2.24, 2.45) is 11.7 Å². The number of rotatable bonds is 4. The normalized spacial score (nSPS) is 20.6. The maximum atomic E-state index is 12.0. The van der Waals surface area contributed by atoms with Crippen molar-refractivity contribution < 1.29 is 14.1 Å². The van der Waals surface area contributed by atoms with Crippen LogP contribution in [0.1, 0.15) is 23.4 Å². The Morgan fingerprint density at radius 1 is 1.24 bits per heavy atom. The molecule has 0 unspecified atom stereocenters. The van der Waals surface area contributed by atoms with Gasteiger partial charge >= 0.3 is 0 Å². The van der Waals surface area contributed by atoms with E-state index in [1.54, 1.807) is 6.07 Å². The fraction of sp³-hybridized carbons (Fsp3) is 0.267. The zero-order valence-electron chi connectivity index (χ0n) is 11.3. The van der Waals surface area contributed by atoms with Crippen LogP contribution in [0.15, 0.2) is 40.9 Å². The summed E-state index contributed by atoms with van der Waals surface area (Å²) >= 11 is 0. The molecule has 0 saturated heterocycles.